The van der Waals surface area contributed by atoms with E-state index >= 15 is 0 Å². The quantitative estimate of drug-likeness (QED) is 0.697. The van der Waals surface area contributed by atoms with E-state index in [9.17, 15) is 4.79 Å². The molecule has 6 heteroatoms. The number of aryl methyl sites for hydroxylation is 1. The van der Waals surface area contributed by atoms with Crippen LogP contribution in [-0.2, 0) is 0 Å². The van der Waals surface area contributed by atoms with Crippen LogP contribution in [0.25, 0.3) is 10.2 Å². The first kappa shape index (κ1) is 13.5. The van der Waals surface area contributed by atoms with Gasteiger partial charge in [-0.05, 0) is 42.8 Å². The molecule has 0 spiro atoms. The third kappa shape index (κ3) is 2.20. The van der Waals surface area contributed by atoms with E-state index in [1.165, 1.54) is 22.4 Å². The van der Waals surface area contributed by atoms with Crippen LogP contribution in [0.1, 0.15) is 36.6 Å². The third-order valence-corrected chi connectivity index (χ3v) is 4.87. The first-order valence-electron chi connectivity index (χ1n) is 7.24. The van der Waals surface area contributed by atoms with E-state index < -0.39 is 0 Å². The molecule has 0 aromatic carbocycles. The summed E-state index contributed by atoms with van der Waals surface area (Å²) in [6, 6.07) is 5.66. The molecule has 1 saturated carbocycles. The molecule has 0 saturated heterocycles. The minimum absolute atomic E-state index is 0.150. The lowest BCUT2D eigenvalue weighted by molar-refractivity contribution is 0.499. The predicted octanol–water partition coefficient (Wildman–Crippen LogP) is 3.37. The van der Waals surface area contributed by atoms with Crippen LogP contribution >= 0.6 is 11.3 Å². The molecule has 1 aliphatic carbocycles. The van der Waals surface area contributed by atoms with Gasteiger partial charge in [0.15, 0.2) is 0 Å². The molecule has 3 aromatic heterocycles. The van der Waals surface area contributed by atoms with Gasteiger partial charge in [-0.2, -0.15) is 9.78 Å². The molecule has 0 radical (unpaired) electrons. The molecule has 0 amide bonds. The van der Waals surface area contributed by atoms with Gasteiger partial charge in [0.25, 0.3) is 5.56 Å². The molecule has 3 aromatic rings. The summed E-state index contributed by atoms with van der Waals surface area (Å²) < 4.78 is 7.09. The van der Waals surface area contributed by atoms with Gasteiger partial charge in [-0.3, -0.25) is 4.79 Å². The van der Waals surface area contributed by atoms with Crippen LogP contribution in [-0.4, -0.2) is 15.9 Å². The van der Waals surface area contributed by atoms with Crippen molar-refractivity contribution in [2.45, 2.75) is 26.2 Å². The van der Waals surface area contributed by atoms with Crippen molar-refractivity contribution in [1.29, 1.82) is 0 Å². The minimum atomic E-state index is -0.150. The van der Waals surface area contributed by atoms with Crippen molar-refractivity contribution in [1.82, 2.24) is 9.66 Å². The summed E-state index contributed by atoms with van der Waals surface area (Å²) in [4.78, 5) is 17.5. The van der Waals surface area contributed by atoms with E-state index in [4.69, 9.17) is 4.42 Å². The van der Waals surface area contributed by atoms with Crippen molar-refractivity contribution in [3.05, 3.63) is 51.3 Å². The molecular weight excluding hydrogens is 298 g/mol. The molecule has 5 nitrogen and oxygen atoms in total. The van der Waals surface area contributed by atoms with E-state index in [1.807, 2.05) is 17.5 Å². The van der Waals surface area contributed by atoms with Crippen LogP contribution < -0.4 is 5.56 Å². The van der Waals surface area contributed by atoms with Gasteiger partial charge in [0.1, 0.15) is 22.2 Å². The molecule has 0 bridgehead atoms. The van der Waals surface area contributed by atoms with Crippen LogP contribution in [0.4, 0.5) is 0 Å². The van der Waals surface area contributed by atoms with Crippen LogP contribution in [0.5, 0.6) is 0 Å². The fourth-order valence-corrected chi connectivity index (χ4v) is 3.41. The van der Waals surface area contributed by atoms with Gasteiger partial charge in [-0.25, -0.2) is 4.98 Å². The number of furan rings is 1. The van der Waals surface area contributed by atoms with Crippen LogP contribution in [0.15, 0.2) is 37.9 Å². The predicted molar refractivity (Wildman–Crippen MR) is 86.8 cm³/mol. The second kappa shape index (κ2) is 4.91. The van der Waals surface area contributed by atoms with E-state index in [0.717, 1.165) is 10.6 Å². The zero-order valence-electron chi connectivity index (χ0n) is 12.3. The Morgan fingerprint density at radius 3 is 3.05 bits per heavy atom. The lowest BCUT2D eigenvalue weighted by Gasteiger charge is -2.01. The van der Waals surface area contributed by atoms with E-state index in [-0.39, 0.29) is 5.56 Å². The van der Waals surface area contributed by atoms with Gasteiger partial charge in [-0.15, -0.1) is 11.3 Å². The number of hydrogen-bond acceptors (Lipinski definition) is 5. The molecule has 3 heterocycles. The molecule has 1 aliphatic rings. The summed E-state index contributed by atoms with van der Waals surface area (Å²) in [7, 11) is 0. The average molecular weight is 313 g/mol. The molecular formula is C16H15N3O2S. The number of nitrogens with zero attached hydrogens (tertiary/aromatic N) is 3. The Morgan fingerprint density at radius 2 is 2.27 bits per heavy atom. The second-order valence-electron chi connectivity index (χ2n) is 5.72. The molecule has 112 valence electrons. The van der Waals surface area contributed by atoms with Crippen molar-refractivity contribution < 1.29 is 4.42 Å². The first-order valence-corrected chi connectivity index (χ1v) is 8.12. The first-order chi connectivity index (χ1) is 10.6. The van der Waals surface area contributed by atoms with E-state index in [0.29, 0.717) is 28.8 Å². The highest BCUT2D eigenvalue weighted by Crippen LogP contribution is 2.47. The Kier molecular flexibility index (Phi) is 3.00. The monoisotopic (exact) mass is 313 g/mol. The maximum Gasteiger partial charge on any atom is 0.282 e. The van der Waals surface area contributed by atoms with Crippen molar-refractivity contribution in [2.75, 3.05) is 0 Å². The maximum absolute atomic E-state index is 12.4. The Hall–Kier alpha value is -2.21. The van der Waals surface area contributed by atoms with Crippen LogP contribution in [0, 0.1) is 12.8 Å². The highest BCUT2D eigenvalue weighted by molar-refractivity contribution is 7.16. The molecule has 4 rings (SSSR count). The van der Waals surface area contributed by atoms with Gasteiger partial charge in [0, 0.05) is 5.92 Å². The Labute approximate surface area is 130 Å². The van der Waals surface area contributed by atoms with Crippen molar-refractivity contribution in [3.8, 4) is 0 Å². The summed E-state index contributed by atoms with van der Waals surface area (Å²) in [5, 5.41) is 6.71. The maximum atomic E-state index is 12.4. The van der Waals surface area contributed by atoms with Gasteiger partial charge in [0.2, 0.25) is 0 Å². The van der Waals surface area contributed by atoms with Gasteiger partial charge < -0.3 is 4.42 Å². The highest BCUT2D eigenvalue weighted by atomic mass is 32.1. The summed E-state index contributed by atoms with van der Waals surface area (Å²) in [5.74, 6) is 3.47. The topological polar surface area (TPSA) is 60.4 Å². The third-order valence-electron chi connectivity index (χ3n) is 4.06. The SMILES string of the molecule is Cc1nc2sccc2c(=O)n1/N=C\c1ccc([C@H]2C[C@@H]2C)o1. The standard InChI is InChI=1S/C16H15N3O2S/c1-9-7-13(9)14-4-3-11(21-14)8-17-19-10(2)18-15-12(16(19)20)5-6-22-15/h3-6,8-9,13H,7H2,1-2H3/b17-8-/t9-,13-/m0/s1. The minimum Gasteiger partial charge on any atom is -0.460 e. The number of thiophene rings is 1. The molecule has 22 heavy (non-hydrogen) atoms. The lowest BCUT2D eigenvalue weighted by atomic mass is 10.3. The van der Waals surface area contributed by atoms with Crippen molar-refractivity contribution >= 4 is 27.8 Å². The number of rotatable bonds is 3. The Balaban J connectivity index is 1.68. The molecule has 0 aliphatic heterocycles. The summed E-state index contributed by atoms with van der Waals surface area (Å²) in [5.41, 5.74) is -0.150. The Bertz CT molecular complexity index is 934. The average Bonchev–Trinajstić information content (AvgIpc) is 2.93. The van der Waals surface area contributed by atoms with Gasteiger partial charge >= 0.3 is 0 Å². The molecule has 0 N–H and O–H groups in total. The second-order valence-corrected chi connectivity index (χ2v) is 6.61. The van der Waals surface area contributed by atoms with Crippen molar-refractivity contribution in [2.24, 2.45) is 11.0 Å². The number of fused-ring (bicyclic) bond motifs is 1. The summed E-state index contributed by atoms with van der Waals surface area (Å²) in [6.07, 6.45) is 2.76. The fraction of sp³-hybridized carbons (Fsp3) is 0.312. The van der Waals surface area contributed by atoms with Gasteiger partial charge in [0.05, 0.1) is 11.6 Å². The smallest absolute Gasteiger partial charge is 0.282 e. The summed E-state index contributed by atoms with van der Waals surface area (Å²) in [6.45, 7) is 3.99. The van der Waals surface area contributed by atoms with E-state index in [2.05, 4.69) is 17.0 Å². The van der Waals surface area contributed by atoms with E-state index in [1.54, 1.807) is 19.2 Å². The van der Waals surface area contributed by atoms with Crippen LogP contribution in [0.2, 0.25) is 0 Å². The molecule has 0 unspecified atom stereocenters. The number of hydrogen-bond donors (Lipinski definition) is 0. The molecule has 1 fully saturated rings. The van der Waals surface area contributed by atoms with Crippen molar-refractivity contribution in [3.63, 3.8) is 0 Å². The van der Waals surface area contributed by atoms with Crippen LogP contribution in [0.3, 0.4) is 0 Å². The van der Waals surface area contributed by atoms with Gasteiger partial charge in [-0.1, -0.05) is 6.92 Å². The number of aromatic nitrogens is 2. The summed E-state index contributed by atoms with van der Waals surface area (Å²) >= 11 is 1.46. The highest BCUT2D eigenvalue weighted by Gasteiger charge is 2.36. The zero-order chi connectivity index (χ0) is 15.3. The largest absolute Gasteiger partial charge is 0.460 e. The zero-order valence-corrected chi connectivity index (χ0v) is 13.1. The normalized spacial score (nSPS) is 21.0. The Morgan fingerprint density at radius 1 is 1.45 bits per heavy atom. The fourth-order valence-electron chi connectivity index (χ4n) is 2.61. The lowest BCUT2D eigenvalue weighted by Crippen LogP contribution is -2.19. The molecule has 2 atom stereocenters.